The molecule has 0 unspecified atom stereocenters. The third-order valence-corrected chi connectivity index (χ3v) is 3.45. The Balaban J connectivity index is 0.00000144. The number of para-hydroxylation sites is 1. The zero-order chi connectivity index (χ0) is 14.4. The van der Waals surface area contributed by atoms with Crippen molar-refractivity contribution in [1.82, 2.24) is 24.7 Å². The summed E-state index contributed by atoms with van der Waals surface area (Å²) in [7, 11) is 0. The number of aryl methyl sites for hydroxylation is 1. The number of fused-ring (bicyclic) bond motifs is 3. The Kier molecular flexibility index (Phi) is 3.34. The Labute approximate surface area is 130 Å². The molecular weight excluding hydrogens is 304 g/mol. The lowest BCUT2D eigenvalue weighted by Gasteiger charge is -2.05. The minimum atomic E-state index is -0.160. The van der Waals surface area contributed by atoms with Crippen LogP contribution in [0.25, 0.3) is 16.7 Å². The van der Waals surface area contributed by atoms with Gasteiger partial charge in [0.2, 0.25) is 11.9 Å². The average Bonchev–Trinajstić information content (AvgIpc) is 2.99. The zero-order valence-electron chi connectivity index (χ0n) is 11.6. The van der Waals surface area contributed by atoms with Crippen molar-refractivity contribution < 1.29 is 17.1 Å². The van der Waals surface area contributed by atoms with Gasteiger partial charge in [-0.15, -0.1) is 0 Å². The van der Waals surface area contributed by atoms with Crippen LogP contribution in [0.2, 0.25) is 0 Å². The second kappa shape index (κ2) is 5.19. The summed E-state index contributed by atoms with van der Waals surface area (Å²) in [6.45, 7) is 1.92. The Morgan fingerprint density at radius 3 is 2.68 bits per heavy atom. The lowest BCUT2D eigenvalue weighted by Crippen LogP contribution is -3.00. The van der Waals surface area contributed by atoms with E-state index in [0.717, 1.165) is 5.69 Å². The molecule has 3 heterocycles. The molecule has 0 fully saturated rings. The van der Waals surface area contributed by atoms with Gasteiger partial charge in [-0.3, -0.25) is 4.79 Å². The molecule has 0 radical (unpaired) electrons. The van der Waals surface area contributed by atoms with E-state index in [0.29, 0.717) is 16.7 Å². The van der Waals surface area contributed by atoms with Crippen molar-refractivity contribution in [1.29, 1.82) is 0 Å². The van der Waals surface area contributed by atoms with Crippen molar-refractivity contribution in [3.63, 3.8) is 0 Å². The van der Waals surface area contributed by atoms with Crippen LogP contribution in [0.1, 0.15) is 5.69 Å². The Morgan fingerprint density at radius 2 is 1.86 bits per heavy atom. The number of nitrogens with zero attached hydrogens (tertiary/aromatic N) is 6. The van der Waals surface area contributed by atoms with Crippen molar-refractivity contribution in [2.24, 2.45) is 0 Å². The van der Waals surface area contributed by atoms with Gasteiger partial charge in [-0.1, -0.05) is 21.9 Å². The Morgan fingerprint density at radius 1 is 1.09 bits per heavy atom. The maximum atomic E-state index is 12.8. The molecule has 1 aromatic carbocycles. The standard InChI is InChI=1S/C14H11N6O.ClH/c1-10-6-4-5-9-18(10)20-13(21)11-7-2-3-8-12(11)19-14(20)15-16-17-19;/h2-9H,1H3;1H/q+1;/p-1. The SMILES string of the molecule is Cc1cccc[n+]1-n1c(=O)c2ccccc2n2nnnc12.[Cl-]. The fourth-order valence-electron chi connectivity index (χ4n) is 2.45. The number of aromatic nitrogens is 6. The van der Waals surface area contributed by atoms with E-state index in [4.69, 9.17) is 0 Å². The molecule has 0 bridgehead atoms. The summed E-state index contributed by atoms with van der Waals surface area (Å²) in [4.78, 5) is 12.8. The van der Waals surface area contributed by atoms with Crippen LogP contribution in [0.4, 0.5) is 0 Å². The highest BCUT2D eigenvalue weighted by atomic mass is 35.5. The first kappa shape index (κ1) is 14.2. The number of hydrogen-bond acceptors (Lipinski definition) is 4. The lowest BCUT2D eigenvalue weighted by atomic mass is 10.2. The highest BCUT2D eigenvalue weighted by Crippen LogP contribution is 2.09. The van der Waals surface area contributed by atoms with E-state index < -0.39 is 0 Å². The van der Waals surface area contributed by atoms with E-state index in [9.17, 15) is 4.79 Å². The molecule has 0 N–H and O–H groups in total. The molecule has 7 nitrogen and oxygen atoms in total. The molecular formula is C14H11ClN6O. The first-order chi connectivity index (χ1) is 10.3. The fraction of sp³-hybridized carbons (Fsp3) is 0.0714. The van der Waals surface area contributed by atoms with Gasteiger partial charge in [0.1, 0.15) is 0 Å². The minimum absolute atomic E-state index is 0. The Hall–Kier alpha value is -2.80. The molecule has 4 rings (SSSR count). The number of hydrogen-bond donors (Lipinski definition) is 0. The van der Waals surface area contributed by atoms with Gasteiger partial charge < -0.3 is 12.4 Å². The highest BCUT2D eigenvalue weighted by Gasteiger charge is 2.20. The normalized spacial score (nSPS) is 10.8. The monoisotopic (exact) mass is 314 g/mol. The summed E-state index contributed by atoms with van der Waals surface area (Å²) in [5.41, 5.74) is 1.43. The number of rotatable bonds is 1. The summed E-state index contributed by atoms with van der Waals surface area (Å²) in [5, 5.41) is 12.2. The van der Waals surface area contributed by atoms with Crippen LogP contribution in [0, 0.1) is 6.92 Å². The van der Waals surface area contributed by atoms with E-state index in [1.807, 2.05) is 43.3 Å². The third-order valence-electron chi connectivity index (χ3n) is 3.45. The van der Waals surface area contributed by atoms with E-state index in [1.54, 1.807) is 21.5 Å². The molecule has 3 aromatic heterocycles. The van der Waals surface area contributed by atoms with Crippen LogP contribution in [0.5, 0.6) is 0 Å². The van der Waals surface area contributed by atoms with Crippen molar-refractivity contribution in [3.05, 3.63) is 64.7 Å². The first-order valence-corrected chi connectivity index (χ1v) is 6.47. The van der Waals surface area contributed by atoms with Gasteiger partial charge >= 0.3 is 11.3 Å². The van der Waals surface area contributed by atoms with Gasteiger partial charge in [0.05, 0.1) is 10.9 Å². The maximum Gasteiger partial charge on any atom is 0.320 e. The van der Waals surface area contributed by atoms with Gasteiger partial charge in [-0.25, -0.2) is 0 Å². The first-order valence-electron chi connectivity index (χ1n) is 6.47. The van der Waals surface area contributed by atoms with Gasteiger partial charge in [0.15, 0.2) is 0 Å². The number of pyridine rings is 1. The van der Waals surface area contributed by atoms with Crippen LogP contribution in [0.15, 0.2) is 53.5 Å². The van der Waals surface area contributed by atoms with Gasteiger partial charge in [0, 0.05) is 19.1 Å². The van der Waals surface area contributed by atoms with Crippen LogP contribution in [-0.2, 0) is 0 Å². The lowest BCUT2D eigenvalue weighted by molar-refractivity contribution is -0.732. The minimum Gasteiger partial charge on any atom is -1.00 e. The summed E-state index contributed by atoms with van der Waals surface area (Å²) in [5.74, 6) is 0.373. The zero-order valence-corrected chi connectivity index (χ0v) is 12.3. The highest BCUT2D eigenvalue weighted by molar-refractivity contribution is 5.79. The van der Waals surface area contributed by atoms with E-state index in [2.05, 4.69) is 15.5 Å². The van der Waals surface area contributed by atoms with Crippen LogP contribution in [-0.4, -0.2) is 24.7 Å². The van der Waals surface area contributed by atoms with Gasteiger partial charge in [0.25, 0.3) is 0 Å². The van der Waals surface area contributed by atoms with Crippen molar-refractivity contribution in [2.75, 3.05) is 0 Å². The third kappa shape index (κ3) is 1.86. The second-order valence-corrected chi connectivity index (χ2v) is 4.71. The molecule has 110 valence electrons. The second-order valence-electron chi connectivity index (χ2n) is 4.71. The van der Waals surface area contributed by atoms with Crippen LogP contribution in [0.3, 0.4) is 0 Å². The molecule has 0 aliphatic carbocycles. The fourth-order valence-corrected chi connectivity index (χ4v) is 2.45. The topological polar surface area (TPSA) is 69.0 Å². The quantitative estimate of drug-likeness (QED) is 0.360. The number of halogens is 1. The number of benzene rings is 1. The molecule has 4 aromatic rings. The van der Waals surface area contributed by atoms with Crippen molar-refractivity contribution >= 4 is 16.7 Å². The molecule has 8 heteroatoms. The largest absolute Gasteiger partial charge is 1.00 e. The smallest absolute Gasteiger partial charge is 0.320 e. The van der Waals surface area contributed by atoms with Crippen molar-refractivity contribution in [3.8, 4) is 0 Å². The summed E-state index contributed by atoms with van der Waals surface area (Å²) in [6, 6.07) is 13.0. The maximum absolute atomic E-state index is 12.8. The summed E-state index contributed by atoms with van der Waals surface area (Å²) < 4.78 is 4.77. The molecule has 22 heavy (non-hydrogen) atoms. The molecule has 0 amide bonds. The molecule has 0 atom stereocenters. The van der Waals surface area contributed by atoms with Crippen molar-refractivity contribution in [2.45, 2.75) is 6.92 Å². The van der Waals surface area contributed by atoms with E-state index in [-0.39, 0.29) is 18.0 Å². The van der Waals surface area contributed by atoms with Crippen LogP contribution >= 0.6 is 0 Å². The molecule has 0 spiro atoms. The van der Waals surface area contributed by atoms with Gasteiger partial charge in [-0.05, 0) is 33.3 Å². The molecule has 0 aliphatic rings. The molecule has 0 aliphatic heterocycles. The predicted octanol–water partition coefficient (Wildman–Crippen LogP) is -2.65. The van der Waals surface area contributed by atoms with Crippen LogP contribution < -0.4 is 22.6 Å². The average molecular weight is 315 g/mol. The predicted molar refractivity (Wildman–Crippen MR) is 74.7 cm³/mol. The summed E-state index contributed by atoms with van der Waals surface area (Å²) in [6.07, 6.45) is 1.81. The number of tetrazole rings is 1. The van der Waals surface area contributed by atoms with Gasteiger partial charge in [-0.2, -0.15) is 4.52 Å². The molecule has 0 saturated heterocycles. The Bertz CT molecular complexity index is 1040. The molecule has 0 saturated carbocycles. The van der Waals surface area contributed by atoms with E-state index in [1.165, 1.54) is 4.68 Å². The summed E-state index contributed by atoms with van der Waals surface area (Å²) >= 11 is 0. The van der Waals surface area contributed by atoms with E-state index >= 15 is 0 Å².